The Bertz CT molecular complexity index is 985. The molecule has 1 aromatic heterocycles. The molecule has 29 heavy (non-hydrogen) atoms. The van der Waals surface area contributed by atoms with Gasteiger partial charge in [-0.15, -0.1) is 11.8 Å². The standard InChI is InChI=1S/C22H18FN3O2S/c23-19-6-8-20(9-7-19)28-22-10-5-18(13-26-22)12-25-21(27)15-29-14-17-3-1-16(11-24)2-4-17/h1-10,13H,12,14-15H2,(H,25,27). The van der Waals surface area contributed by atoms with Gasteiger partial charge in [-0.3, -0.25) is 4.79 Å². The van der Waals surface area contributed by atoms with Crippen molar-refractivity contribution in [1.82, 2.24) is 10.3 Å². The number of benzene rings is 2. The van der Waals surface area contributed by atoms with Crippen LogP contribution in [0.15, 0.2) is 66.9 Å². The second kappa shape index (κ2) is 10.2. The predicted molar refractivity (Wildman–Crippen MR) is 110 cm³/mol. The normalized spacial score (nSPS) is 10.2. The lowest BCUT2D eigenvalue weighted by atomic mass is 10.2. The average Bonchev–Trinajstić information content (AvgIpc) is 2.75. The van der Waals surface area contributed by atoms with E-state index in [1.165, 1.54) is 36.0 Å². The maximum absolute atomic E-state index is 12.9. The Morgan fingerprint density at radius 1 is 1.07 bits per heavy atom. The van der Waals surface area contributed by atoms with E-state index in [2.05, 4.69) is 16.4 Å². The fourth-order valence-electron chi connectivity index (χ4n) is 2.39. The van der Waals surface area contributed by atoms with Crippen LogP contribution in [0.1, 0.15) is 16.7 Å². The lowest BCUT2D eigenvalue weighted by Crippen LogP contribution is -2.24. The van der Waals surface area contributed by atoms with Crippen molar-refractivity contribution < 1.29 is 13.9 Å². The molecule has 1 N–H and O–H groups in total. The average molecular weight is 407 g/mol. The van der Waals surface area contributed by atoms with Gasteiger partial charge in [0.1, 0.15) is 11.6 Å². The number of hydrogen-bond acceptors (Lipinski definition) is 5. The zero-order valence-corrected chi connectivity index (χ0v) is 16.3. The number of nitrogens with one attached hydrogen (secondary N) is 1. The lowest BCUT2D eigenvalue weighted by molar-refractivity contribution is -0.118. The summed E-state index contributed by atoms with van der Waals surface area (Å²) in [4.78, 5) is 16.2. The first-order valence-corrected chi connectivity index (χ1v) is 10.00. The van der Waals surface area contributed by atoms with Gasteiger partial charge in [0.2, 0.25) is 11.8 Å². The van der Waals surface area contributed by atoms with Crippen molar-refractivity contribution in [1.29, 1.82) is 5.26 Å². The van der Waals surface area contributed by atoms with E-state index >= 15 is 0 Å². The monoisotopic (exact) mass is 407 g/mol. The second-order valence-corrected chi connectivity index (χ2v) is 7.12. The Hall–Kier alpha value is -3.37. The molecule has 0 fully saturated rings. The Balaban J connectivity index is 1.39. The summed E-state index contributed by atoms with van der Waals surface area (Å²) in [5.74, 6) is 1.56. The van der Waals surface area contributed by atoms with Gasteiger partial charge in [0.25, 0.3) is 0 Å². The molecule has 0 bridgehead atoms. The zero-order valence-electron chi connectivity index (χ0n) is 15.5. The lowest BCUT2D eigenvalue weighted by Gasteiger charge is -2.07. The Labute approximate surface area is 172 Å². The Morgan fingerprint density at radius 2 is 1.79 bits per heavy atom. The number of carbonyl (C=O) groups excluding carboxylic acids is 1. The highest BCUT2D eigenvalue weighted by atomic mass is 32.2. The number of aromatic nitrogens is 1. The minimum absolute atomic E-state index is 0.0599. The van der Waals surface area contributed by atoms with Gasteiger partial charge in [-0.25, -0.2) is 9.37 Å². The van der Waals surface area contributed by atoms with Crippen LogP contribution in [0.4, 0.5) is 4.39 Å². The number of halogens is 1. The maximum atomic E-state index is 12.9. The third kappa shape index (κ3) is 6.63. The highest BCUT2D eigenvalue weighted by Gasteiger charge is 2.04. The van der Waals surface area contributed by atoms with Crippen molar-refractivity contribution in [3.05, 3.63) is 89.4 Å². The van der Waals surface area contributed by atoms with Crippen LogP contribution in [0.5, 0.6) is 11.6 Å². The zero-order chi connectivity index (χ0) is 20.5. The summed E-state index contributed by atoms with van der Waals surface area (Å²) in [6, 6.07) is 18.6. The van der Waals surface area contributed by atoms with Gasteiger partial charge in [-0.2, -0.15) is 5.26 Å². The maximum Gasteiger partial charge on any atom is 0.230 e. The molecule has 5 nitrogen and oxygen atoms in total. The number of pyridine rings is 1. The molecule has 0 spiro atoms. The summed E-state index contributed by atoms with van der Waals surface area (Å²) < 4.78 is 18.4. The molecule has 0 saturated carbocycles. The molecule has 2 aromatic carbocycles. The molecule has 0 aliphatic rings. The summed E-state index contributed by atoms with van der Waals surface area (Å²) in [6.07, 6.45) is 1.63. The van der Waals surface area contributed by atoms with Crippen LogP contribution in [0, 0.1) is 17.1 Å². The molecule has 3 aromatic rings. The number of ether oxygens (including phenoxy) is 1. The summed E-state index contributed by atoms with van der Waals surface area (Å²) in [5.41, 5.74) is 2.55. The van der Waals surface area contributed by atoms with E-state index in [1.54, 1.807) is 24.4 Å². The summed E-state index contributed by atoms with van der Waals surface area (Å²) in [6.45, 7) is 0.375. The van der Waals surface area contributed by atoms with Crippen LogP contribution in [0.2, 0.25) is 0 Å². The Morgan fingerprint density at radius 3 is 2.45 bits per heavy atom. The number of rotatable bonds is 8. The molecule has 0 saturated heterocycles. The van der Waals surface area contributed by atoms with E-state index in [-0.39, 0.29) is 11.7 Å². The highest BCUT2D eigenvalue weighted by molar-refractivity contribution is 7.99. The number of carbonyl (C=O) groups is 1. The predicted octanol–water partition coefficient (Wildman–Crippen LogP) is 4.43. The molecule has 7 heteroatoms. The number of nitrogens with zero attached hydrogens (tertiary/aromatic N) is 2. The molecule has 0 unspecified atom stereocenters. The summed E-state index contributed by atoms with van der Waals surface area (Å²) in [5, 5.41) is 11.6. The van der Waals surface area contributed by atoms with Crippen molar-refractivity contribution in [2.24, 2.45) is 0 Å². The van der Waals surface area contributed by atoms with Gasteiger partial charge in [-0.05, 0) is 47.5 Å². The first-order chi connectivity index (χ1) is 14.1. The van der Waals surface area contributed by atoms with E-state index in [0.717, 1.165) is 11.1 Å². The number of hydrogen-bond donors (Lipinski definition) is 1. The van der Waals surface area contributed by atoms with Gasteiger partial charge in [0, 0.05) is 24.6 Å². The van der Waals surface area contributed by atoms with E-state index < -0.39 is 0 Å². The molecule has 1 amide bonds. The topological polar surface area (TPSA) is 75.0 Å². The summed E-state index contributed by atoms with van der Waals surface area (Å²) >= 11 is 1.51. The van der Waals surface area contributed by atoms with Crippen LogP contribution in [0.3, 0.4) is 0 Å². The van der Waals surface area contributed by atoms with Gasteiger partial charge in [0.05, 0.1) is 17.4 Å². The highest BCUT2D eigenvalue weighted by Crippen LogP contribution is 2.19. The first-order valence-electron chi connectivity index (χ1n) is 8.84. The van der Waals surface area contributed by atoms with E-state index in [1.807, 2.05) is 18.2 Å². The van der Waals surface area contributed by atoms with Crippen molar-refractivity contribution in [3.8, 4) is 17.7 Å². The molecule has 0 atom stereocenters. The third-order valence-electron chi connectivity index (χ3n) is 3.91. The summed E-state index contributed by atoms with van der Waals surface area (Å²) in [7, 11) is 0. The smallest absolute Gasteiger partial charge is 0.230 e. The fraction of sp³-hybridized carbons (Fsp3) is 0.136. The molecular formula is C22H18FN3O2S. The van der Waals surface area contributed by atoms with Crippen LogP contribution in [-0.4, -0.2) is 16.6 Å². The molecule has 0 aliphatic carbocycles. The van der Waals surface area contributed by atoms with Crippen LogP contribution in [-0.2, 0) is 17.1 Å². The SMILES string of the molecule is N#Cc1ccc(CSCC(=O)NCc2ccc(Oc3ccc(F)cc3)nc2)cc1. The number of nitriles is 1. The largest absolute Gasteiger partial charge is 0.439 e. The molecule has 1 heterocycles. The molecule has 146 valence electrons. The van der Waals surface area contributed by atoms with Crippen LogP contribution in [0.25, 0.3) is 0 Å². The van der Waals surface area contributed by atoms with Crippen molar-refractivity contribution >= 4 is 17.7 Å². The number of amides is 1. The van der Waals surface area contributed by atoms with E-state index in [4.69, 9.17) is 10.00 Å². The molecular weight excluding hydrogens is 389 g/mol. The van der Waals surface area contributed by atoms with Crippen molar-refractivity contribution in [3.63, 3.8) is 0 Å². The molecule has 3 rings (SSSR count). The fourth-order valence-corrected chi connectivity index (χ4v) is 3.21. The van der Waals surface area contributed by atoms with Crippen LogP contribution < -0.4 is 10.1 Å². The van der Waals surface area contributed by atoms with Crippen molar-refractivity contribution in [2.75, 3.05) is 5.75 Å². The van der Waals surface area contributed by atoms with Gasteiger partial charge >= 0.3 is 0 Å². The van der Waals surface area contributed by atoms with Crippen LogP contribution >= 0.6 is 11.8 Å². The molecule has 0 radical (unpaired) electrons. The third-order valence-corrected chi connectivity index (χ3v) is 4.91. The first kappa shape index (κ1) is 20.4. The van der Waals surface area contributed by atoms with Gasteiger partial charge in [0.15, 0.2) is 0 Å². The minimum atomic E-state index is -0.327. The second-order valence-electron chi connectivity index (χ2n) is 6.14. The van der Waals surface area contributed by atoms with E-state index in [0.29, 0.717) is 35.2 Å². The van der Waals surface area contributed by atoms with Gasteiger partial charge in [-0.1, -0.05) is 18.2 Å². The van der Waals surface area contributed by atoms with E-state index in [9.17, 15) is 9.18 Å². The number of thioether (sulfide) groups is 1. The molecule has 0 aliphatic heterocycles. The Kier molecular flexibility index (Phi) is 7.20. The minimum Gasteiger partial charge on any atom is -0.439 e. The van der Waals surface area contributed by atoms with Crippen molar-refractivity contribution in [2.45, 2.75) is 12.3 Å². The quantitative estimate of drug-likeness (QED) is 0.598. The van der Waals surface area contributed by atoms with Gasteiger partial charge < -0.3 is 10.1 Å².